The van der Waals surface area contributed by atoms with Crippen LogP contribution in [0.15, 0.2) is 60.9 Å². The molecule has 12 nitrogen and oxygen atoms in total. The van der Waals surface area contributed by atoms with E-state index in [1.54, 1.807) is 53.0 Å². The van der Waals surface area contributed by atoms with E-state index in [1.807, 2.05) is 50.2 Å². The van der Waals surface area contributed by atoms with Crippen molar-refractivity contribution in [2.24, 2.45) is 0 Å². The molecular formula is C40H48N6O6. The Kier molecular flexibility index (Phi) is 10.6. The predicted molar refractivity (Wildman–Crippen MR) is 200 cm³/mol. The van der Waals surface area contributed by atoms with Gasteiger partial charge >= 0.3 is 0 Å². The fourth-order valence-corrected chi connectivity index (χ4v) is 7.06. The molecule has 0 atom stereocenters. The van der Waals surface area contributed by atoms with E-state index in [9.17, 15) is 9.59 Å². The van der Waals surface area contributed by atoms with Crippen LogP contribution in [-0.4, -0.2) is 97.4 Å². The highest BCUT2D eigenvalue weighted by Gasteiger charge is 2.39. The molecule has 52 heavy (non-hydrogen) atoms. The first-order valence-electron chi connectivity index (χ1n) is 17.3. The van der Waals surface area contributed by atoms with Crippen LogP contribution in [0, 0.1) is 13.8 Å². The number of anilines is 2. The third-order valence-corrected chi connectivity index (χ3v) is 10.3. The van der Waals surface area contributed by atoms with E-state index >= 15 is 0 Å². The average molecular weight is 709 g/mol. The van der Waals surface area contributed by atoms with Crippen LogP contribution in [0.2, 0.25) is 0 Å². The van der Waals surface area contributed by atoms with Crippen molar-refractivity contribution in [3.05, 3.63) is 94.6 Å². The molecule has 0 spiro atoms. The van der Waals surface area contributed by atoms with Gasteiger partial charge in [-0.15, -0.1) is 0 Å². The molecule has 2 aromatic heterocycles. The zero-order valence-corrected chi connectivity index (χ0v) is 31.3. The van der Waals surface area contributed by atoms with Gasteiger partial charge in [0.1, 0.15) is 22.9 Å². The van der Waals surface area contributed by atoms with E-state index in [-0.39, 0.29) is 34.4 Å². The number of carbonyl (C=O) groups excluding carboxylic acids is 2. The van der Waals surface area contributed by atoms with Crippen LogP contribution < -0.4 is 20.1 Å². The van der Waals surface area contributed by atoms with Gasteiger partial charge in [0.15, 0.2) is 0 Å². The molecule has 2 aliphatic rings. The quantitative estimate of drug-likeness (QED) is 0.178. The summed E-state index contributed by atoms with van der Waals surface area (Å²) in [7, 11) is 6.65. The number of carbonyl (C=O) groups is 2. The van der Waals surface area contributed by atoms with Crippen LogP contribution in [0.1, 0.15) is 57.1 Å². The second kappa shape index (κ2) is 15.0. The number of nitrogens with one attached hydrogen (secondary N) is 2. The number of hydrogen-bond acceptors (Lipinski definition) is 10. The van der Waals surface area contributed by atoms with Gasteiger partial charge in [0.25, 0.3) is 11.8 Å². The van der Waals surface area contributed by atoms with Crippen molar-refractivity contribution in [3.63, 3.8) is 0 Å². The summed E-state index contributed by atoms with van der Waals surface area (Å²) in [4.78, 5) is 40.3. The number of aromatic nitrogens is 2. The lowest BCUT2D eigenvalue weighted by atomic mass is 9.94. The zero-order valence-electron chi connectivity index (χ0n) is 31.3. The maximum Gasteiger partial charge on any atom is 0.274 e. The number of rotatable bonds is 13. The lowest BCUT2D eigenvalue weighted by molar-refractivity contribution is -0.114. The van der Waals surface area contributed by atoms with E-state index in [0.29, 0.717) is 36.0 Å². The number of benzene rings is 2. The van der Waals surface area contributed by atoms with Crippen LogP contribution in [0.5, 0.6) is 11.5 Å². The van der Waals surface area contributed by atoms with Gasteiger partial charge in [0, 0.05) is 101 Å². The van der Waals surface area contributed by atoms with Crippen LogP contribution >= 0.6 is 0 Å². The zero-order chi connectivity index (χ0) is 37.2. The summed E-state index contributed by atoms with van der Waals surface area (Å²) in [6.07, 6.45) is 3.40. The Morgan fingerprint density at radius 2 is 1.06 bits per heavy atom. The number of pyridine rings is 2. The molecule has 6 rings (SSSR count). The van der Waals surface area contributed by atoms with Crippen molar-refractivity contribution in [1.82, 2.24) is 19.8 Å². The van der Waals surface area contributed by atoms with Crippen LogP contribution in [0.25, 0.3) is 11.1 Å². The summed E-state index contributed by atoms with van der Waals surface area (Å²) in [6.45, 7) is 12.7. The molecule has 12 heteroatoms. The highest BCUT2D eigenvalue weighted by molar-refractivity contribution is 6.05. The summed E-state index contributed by atoms with van der Waals surface area (Å²) in [5, 5.41) is 6.07. The molecule has 0 radical (unpaired) electrons. The van der Waals surface area contributed by atoms with Crippen molar-refractivity contribution >= 4 is 23.2 Å². The molecule has 2 N–H and O–H groups in total. The molecule has 2 aliphatic heterocycles. The van der Waals surface area contributed by atoms with Crippen molar-refractivity contribution in [3.8, 4) is 22.6 Å². The van der Waals surface area contributed by atoms with E-state index in [2.05, 4.69) is 44.2 Å². The van der Waals surface area contributed by atoms with Gasteiger partial charge < -0.3 is 29.6 Å². The monoisotopic (exact) mass is 708 g/mol. The highest BCUT2D eigenvalue weighted by Crippen LogP contribution is 2.35. The standard InChI is InChI=1S/C40H48N6O6/c1-25-29(11-9-13-31(25)43-37(47)33-15-35(49-5)27(17-41-33)19-45-21-39(3,22-45)51-7)30-12-10-14-32(26(30)2)44-38(48)34-16-36(50-6)28(18-42-34)20-46-23-40(4,24-46)52-8/h9-18H,19-24H2,1-8H3,(H,43,47)(H,44,48). The minimum Gasteiger partial charge on any atom is -0.496 e. The Labute approximate surface area is 305 Å². The van der Waals surface area contributed by atoms with E-state index < -0.39 is 0 Å². The molecule has 2 amide bonds. The molecule has 2 aromatic carbocycles. The predicted octanol–water partition coefficient (Wildman–Crippen LogP) is 5.72. The van der Waals surface area contributed by atoms with Gasteiger partial charge in [-0.2, -0.15) is 0 Å². The topological polar surface area (TPSA) is 127 Å². The van der Waals surface area contributed by atoms with Crippen LogP contribution in [-0.2, 0) is 22.6 Å². The first kappa shape index (κ1) is 36.9. The minimum atomic E-state index is -0.342. The van der Waals surface area contributed by atoms with Gasteiger partial charge in [-0.3, -0.25) is 29.4 Å². The maximum atomic E-state index is 13.4. The van der Waals surface area contributed by atoms with Crippen molar-refractivity contribution in [2.45, 2.75) is 52.0 Å². The molecule has 0 bridgehead atoms. The van der Waals surface area contributed by atoms with E-state index in [1.165, 1.54) is 0 Å². The number of ether oxygens (including phenoxy) is 4. The SMILES string of the molecule is COc1cc(C(=O)Nc2cccc(-c3cccc(NC(=O)c4cc(OC)c(CN5CC(C)(OC)C5)cn4)c3C)c2C)ncc1CN1CC(C)(OC)C1. The van der Waals surface area contributed by atoms with Gasteiger partial charge in [0.05, 0.1) is 25.4 Å². The lowest BCUT2D eigenvalue weighted by Gasteiger charge is -2.47. The van der Waals surface area contributed by atoms with Gasteiger partial charge in [-0.1, -0.05) is 24.3 Å². The Hall–Kier alpha value is -4.88. The van der Waals surface area contributed by atoms with Crippen LogP contribution in [0.4, 0.5) is 11.4 Å². The summed E-state index contributed by atoms with van der Waals surface area (Å²) < 4.78 is 22.4. The molecule has 2 saturated heterocycles. The fourth-order valence-electron chi connectivity index (χ4n) is 7.06. The summed E-state index contributed by atoms with van der Waals surface area (Å²) in [6, 6.07) is 14.9. The molecule has 4 heterocycles. The largest absolute Gasteiger partial charge is 0.496 e. The third kappa shape index (κ3) is 7.65. The molecule has 4 aromatic rings. The minimum absolute atomic E-state index is 0.137. The van der Waals surface area contributed by atoms with Crippen molar-refractivity contribution in [1.29, 1.82) is 0 Å². The number of likely N-dealkylation sites (tertiary alicyclic amines) is 2. The molecule has 0 saturated carbocycles. The number of amides is 2. The number of nitrogens with zero attached hydrogens (tertiary/aromatic N) is 4. The Balaban J connectivity index is 1.14. The summed E-state index contributed by atoms with van der Waals surface area (Å²) in [5.74, 6) is 0.534. The van der Waals surface area contributed by atoms with E-state index in [0.717, 1.165) is 59.6 Å². The van der Waals surface area contributed by atoms with Gasteiger partial charge in [0.2, 0.25) is 0 Å². The second-order valence-corrected chi connectivity index (χ2v) is 14.2. The maximum absolute atomic E-state index is 13.4. The Morgan fingerprint density at radius 3 is 1.40 bits per heavy atom. The molecular weight excluding hydrogens is 660 g/mol. The van der Waals surface area contributed by atoms with Crippen LogP contribution in [0.3, 0.4) is 0 Å². The Morgan fingerprint density at radius 1 is 0.673 bits per heavy atom. The van der Waals surface area contributed by atoms with Gasteiger partial charge in [-0.05, 0) is 62.1 Å². The number of methoxy groups -OCH3 is 4. The first-order valence-corrected chi connectivity index (χ1v) is 17.3. The molecule has 274 valence electrons. The summed E-state index contributed by atoms with van der Waals surface area (Å²) >= 11 is 0. The lowest BCUT2D eigenvalue weighted by Crippen LogP contribution is -2.60. The smallest absolute Gasteiger partial charge is 0.274 e. The molecule has 0 unspecified atom stereocenters. The average Bonchev–Trinajstić information content (AvgIpc) is 3.12. The van der Waals surface area contributed by atoms with Crippen molar-refractivity contribution in [2.75, 3.05) is 65.3 Å². The van der Waals surface area contributed by atoms with Crippen molar-refractivity contribution < 1.29 is 28.5 Å². The highest BCUT2D eigenvalue weighted by atomic mass is 16.5. The Bertz CT molecular complexity index is 1830. The van der Waals surface area contributed by atoms with Gasteiger partial charge in [-0.25, -0.2) is 0 Å². The normalized spacial score (nSPS) is 16.4. The number of hydrogen-bond donors (Lipinski definition) is 2. The molecule has 2 fully saturated rings. The summed E-state index contributed by atoms with van der Waals surface area (Å²) in [5.41, 5.74) is 6.95. The molecule has 0 aliphatic carbocycles. The third-order valence-electron chi connectivity index (χ3n) is 10.3. The fraction of sp³-hybridized carbons (Fsp3) is 0.400. The first-order chi connectivity index (χ1) is 24.9. The second-order valence-electron chi connectivity index (χ2n) is 14.2. The van der Waals surface area contributed by atoms with E-state index in [4.69, 9.17) is 18.9 Å².